The summed E-state index contributed by atoms with van der Waals surface area (Å²) in [5.41, 5.74) is 0.748. The molecule has 1 saturated heterocycles. The molecule has 1 aromatic carbocycles. The minimum absolute atomic E-state index is 0.0449. The van der Waals surface area contributed by atoms with E-state index in [1.807, 2.05) is 18.7 Å². The molecule has 0 spiro atoms. The smallest absolute Gasteiger partial charge is 0.256 e. The van der Waals surface area contributed by atoms with Crippen LogP contribution in [0.2, 0.25) is 0 Å². The van der Waals surface area contributed by atoms with Gasteiger partial charge in [-0.3, -0.25) is 4.79 Å². The van der Waals surface area contributed by atoms with Gasteiger partial charge in [-0.05, 0) is 38.1 Å². The topological polar surface area (TPSA) is 55.6 Å². The van der Waals surface area contributed by atoms with E-state index in [0.717, 1.165) is 5.56 Å². The van der Waals surface area contributed by atoms with E-state index >= 15 is 0 Å². The minimum Gasteiger partial charge on any atom is -0.431 e. The Hall–Kier alpha value is -1.86. The molecule has 3 rings (SSSR count). The third-order valence-corrected chi connectivity index (χ3v) is 4.53. The molecule has 2 aromatic rings. The molecule has 1 fully saturated rings. The van der Waals surface area contributed by atoms with Gasteiger partial charge in [0, 0.05) is 18.7 Å². The maximum Gasteiger partial charge on any atom is 0.256 e. The standard InChI is InChI=1S/C17H19FN2O3S/c1-11-8-20(9-12(2)22-11)16(21)10-24-17-19-7-15(23-17)13-3-5-14(18)6-4-13/h3-7,11-12H,8-10H2,1-2H3. The molecule has 0 saturated carbocycles. The van der Waals surface area contributed by atoms with Crippen molar-refractivity contribution in [1.29, 1.82) is 0 Å². The van der Waals surface area contributed by atoms with E-state index < -0.39 is 0 Å². The van der Waals surface area contributed by atoms with Crippen molar-refractivity contribution in [3.05, 3.63) is 36.3 Å². The van der Waals surface area contributed by atoms with Crippen LogP contribution in [0.3, 0.4) is 0 Å². The van der Waals surface area contributed by atoms with Crippen LogP contribution in [0.5, 0.6) is 0 Å². The molecule has 1 aromatic heterocycles. The highest BCUT2D eigenvalue weighted by Gasteiger charge is 2.26. The van der Waals surface area contributed by atoms with E-state index in [2.05, 4.69) is 4.98 Å². The second kappa shape index (κ2) is 7.36. The van der Waals surface area contributed by atoms with Gasteiger partial charge in [-0.1, -0.05) is 11.8 Å². The van der Waals surface area contributed by atoms with Crippen molar-refractivity contribution in [2.24, 2.45) is 0 Å². The van der Waals surface area contributed by atoms with E-state index in [1.165, 1.54) is 23.9 Å². The lowest BCUT2D eigenvalue weighted by Gasteiger charge is -2.35. The summed E-state index contributed by atoms with van der Waals surface area (Å²) >= 11 is 1.26. The number of carbonyl (C=O) groups excluding carboxylic acids is 1. The number of rotatable bonds is 4. The molecule has 0 radical (unpaired) electrons. The number of thioether (sulfide) groups is 1. The molecule has 1 amide bonds. The number of carbonyl (C=O) groups is 1. The van der Waals surface area contributed by atoms with Gasteiger partial charge < -0.3 is 14.1 Å². The Morgan fingerprint density at radius 2 is 1.96 bits per heavy atom. The third kappa shape index (κ3) is 4.15. The van der Waals surface area contributed by atoms with E-state index in [9.17, 15) is 9.18 Å². The molecule has 1 aliphatic rings. The highest BCUT2D eigenvalue weighted by Crippen LogP contribution is 2.26. The largest absolute Gasteiger partial charge is 0.431 e. The lowest BCUT2D eigenvalue weighted by Crippen LogP contribution is -2.48. The predicted octanol–water partition coefficient (Wildman–Crippen LogP) is 3.21. The van der Waals surface area contributed by atoms with Crippen LogP contribution in [-0.2, 0) is 9.53 Å². The average Bonchev–Trinajstić information content (AvgIpc) is 3.01. The van der Waals surface area contributed by atoms with Gasteiger partial charge in [0.25, 0.3) is 5.22 Å². The average molecular weight is 350 g/mol. The molecule has 1 aliphatic heterocycles. The first-order valence-electron chi connectivity index (χ1n) is 7.79. The van der Waals surface area contributed by atoms with Crippen molar-refractivity contribution in [3.63, 3.8) is 0 Å². The second-order valence-corrected chi connectivity index (χ2v) is 6.77. The van der Waals surface area contributed by atoms with Gasteiger partial charge in [0.2, 0.25) is 5.91 Å². The Kier molecular flexibility index (Phi) is 5.20. The fourth-order valence-electron chi connectivity index (χ4n) is 2.67. The summed E-state index contributed by atoms with van der Waals surface area (Å²) in [6, 6.07) is 6.00. The number of nitrogens with zero attached hydrogens (tertiary/aromatic N) is 2. The van der Waals surface area contributed by atoms with E-state index in [0.29, 0.717) is 24.1 Å². The van der Waals surface area contributed by atoms with Gasteiger partial charge in [-0.25, -0.2) is 9.37 Å². The molecule has 128 valence electrons. The Morgan fingerprint density at radius 3 is 2.62 bits per heavy atom. The Morgan fingerprint density at radius 1 is 1.29 bits per heavy atom. The van der Waals surface area contributed by atoms with Crippen molar-refractivity contribution in [3.8, 4) is 11.3 Å². The number of hydrogen-bond donors (Lipinski definition) is 0. The summed E-state index contributed by atoms with van der Waals surface area (Å²) in [6.45, 7) is 5.14. The number of aromatic nitrogens is 1. The molecule has 0 N–H and O–H groups in total. The van der Waals surface area contributed by atoms with Crippen LogP contribution in [0.1, 0.15) is 13.8 Å². The maximum absolute atomic E-state index is 12.9. The molecule has 7 heteroatoms. The van der Waals surface area contributed by atoms with Crippen LogP contribution in [0.15, 0.2) is 40.1 Å². The van der Waals surface area contributed by atoms with Crippen LogP contribution in [0.4, 0.5) is 4.39 Å². The highest BCUT2D eigenvalue weighted by molar-refractivity contribution is 7.99. The SMILES string of the molecule is CC1CN(C(=O)CSc2ncc(-c3ccc(F)cc3)o2)CC(C)O1. The van der Waals surface area contributed by atoms with E-state index in [-0.39, 0.29) is 29.7 Å². The first-order chi connectivity index (χ1) is 11.5. The number of amides is 1. The maximum atomic E-state index is 12.9. The lowest BCUT2D eigenvalue weighted by molar-refractivity contribution is -0.140. The Labute approximate surface area is 144 Å². The zero-order valence-electron chi connectivity index (χ0n) is 13.6. The molecule has 0 aliphatic carbocycles. The zero-order chi connectivity index (χ0) is 17.1. The first-order valence-corrected chi connectivity index (χ1v) is 8.77. The molecule has 2 heterocycles. The van der Waals surface area contributed by atoms with Gasteiger partial charge >= 0.3 is 0 Å². The van der Waals surface area contributed by atoms with Crippen LogP contribution in [0, 0.1) is 5.82 Å². The normalized spacial score (nSPS) is 21.0. The molecule has 2 atom stereocenters. The van der Waals surface area contributed by atoms with Crippen molar-refractivity contribution in [1.82, 2.24) is 9.88 Å². The molecule has 5 nitrogen and oxygen atoms in total. The van der Waals surface area contributed by atoms with Crippen LogP contribution < -0.4 is 0 Å². The first kappa shape index (κ1) is 17.0. The summed E-state index contributed by atoms with van der Waals surface area (Å²) in [5, 5.41) is 0.428. The highest BCUT2D eigenvalue weighted by atomic mass is 32.2. The van der Waals surface area contributed by atoms with Crippen LogP contribution in [-0.4, -0.2) is 46.8 Å². The zero-order valence-corrected chi connectivity index (χ0v) is 14.4. The summed E-state index contributed by atoms with van der Waals surface area (Å²) in [4.78, 5) is 18.3. The summed E-state index contributed by atoms with van der Waals surface area (Å²) in [7, 11) is 0. The third-order valence-electron chi connectivity index (χ3n) is 3.70. The van der Waals surface area contributed by atoms with Gasteiger partial charge in [-0.2, -0.15) is 0 Å². The molecular formula is C17H19FN2O3S. The molecule has 2 unspecified atom stereocenters. The van der Waals surface area contributed by atoms with Crippen LogP contribution in [0.25, 0.3) is 11.3 Å². The monoisotopic (exact) mass is 350 g/mol. The number of ether oxygens (including phenoxy) is 1. The summed E-state index contributed by atoms with van der Waals surface area (Å²) in [6.07, 6.45) is 1.68. The summed E-state index contributed by atoms with van der Waals surface area (Å²) < 4.78 is 24.2. The predicted molar refractivity (Wildman–Crippen MR) is 89.2 cm³/mol. The van der Waals surface area contributed by atoms with Crippen molar-refractivity contribution in [2.45, 2.75) is 31.3 Å². The molecule has 0 bridgehead atoms. The lowest BCUT2D eigenvalue weighted by atomic mass is 10.2. The van der Waals surface area contributed by atoms with E-state index in [4.69, 9.17) is 9.15 Å². The van der Waals surface area contributed by atoms with Gasteiger partial charge in [0.15, 0.2) is 5.76 Å². The Balaban J connectivity index is 1.57. The fourth-order valence-corrected chi connectivity index (χ4v) is 3.37. The minimum atomic E-state index is -0.299. The van der Waals surface area contributed by atoms with Gasteiger partial charge in [-0.15, -0.1) is 0 Å². The van der Waals surface area contributed by atoms with Gasteiger partial charge in [0.1, 0.15) is 5.82 Å². The van der Waals surface area contributed by atoms with Crippen molar-refractivity contribution >= 4 is 17.7 Å². The van der Waals surface area contributed by atoms with Crippen molar-refractivity contribution in [2.75, 3.05) is 18.8 Å². The number of benzene rings is 1. The number of hydrogen-bond acceptors (Lipinski definition) is 5. The molecular weight excluding hydrogens is 331 g/mol. The van der Waals surface area contributed by atoms with Crippen molar-refractivity contribution < 1.29 is 18.3 Å². The quantitative estimate of drug-likeness (QED) is 0.793. The van der Waals surface area contributed by atoms with Crippen LogP contribution >= 0.6 is 11.8 Å². The fraction of sp³-hybridized carbons (Fsp3) is 0.412. The number of oxazole rings is 1. The number of halogens is 1. The Bertz CT molecular complexity index is 694. The van der Waals surface area contributed by atoms with Gasteiger partial charge in [0.05, 0.1) is 24.2 Å². The second-order valence-electron chi connectivity index (χ2n) is 5.84. The summed E-state index contributed by atoms with van der Waals surface area (Å²) in [5.74, 6) is 0.567. The number of morpholine rings is 1. The molecule has 24 heavy (non-hydrogen) atoms. The van der Waals surface area contributed by atoms with E-state index in [1.54, 1.807) is 18.3 Å².